The fourth-order valence-electron chi connectivity index (χ4n) is 1.51. The Labute approximate surface area is 89.4 Å². The van der Waals surface area contributed by atoms with Crippen LogP contribution < -0.4 is 0 Å². The minimum Gasteiger partial charge on any atom is -0.0988 e. The summed E-state index contributed by atoms with van der Waals surface area (Å²) in [5, 5.41) is 0. The molecule has 0 saturated heterocycles. The molecule has 14 heavy (non-hydrogen) atoms. The zero-order valence-corrected chi connectivity index (χ0v) is 9.92. The lowest BCUT2D eigenvalue weighted by atomic mass is 9.94. The van der Waals surface area contributed by atoms with Gasteiger partial charge in [0, 0.05) is 0 Å². The van der Waals surface area contributed by atoms with E-state index in [1.807, 2.05) is 13.0 Å². The van der Waals surface area contributed by atoms with Crippen LogP contribution in [0.2, 0.25) is 0 Å². The van der Waals surface area contributed by atoms with E-state index in [1.165, 1.54) is 31.3 Å². The Balaban J connectivity index is 4.03. The van der Waals surface area contributed by atoms with Crippen LogP contribution in [0.1, 0.15) is 46.5 Å². The second-order valence-electron chi connectivity index (χ2n) is 3.79. The highest BCUT2D eigenvalue weighted by Crippen LogP contribution is 2.18. The lowest BCUT2D eigenvalue weighted by Gasteiger charge is -2.11. The molecule has 0 aliphatic rings. The van der Waals surface area contributed by atoms with Crippen LogP contribution in [0.4, 0.5) is 0 Å². The molecule has 0 bridgehead atoms. The molecule has 0 aromatic rings. The third-order valence-electron chi connectivity index (χ3n) is 2.53. The van der Waals surface area contributed by atoms with E-state index < -0.39 is 0 Å². The van der Waals surface area contributed by atoms with Crippen LogP contribution in [0.25, 0.3) is 0 Å². The lowest BCUT2D eigenvalue weighted by Crippen LogP contribution is -1.96. The number of unbranched alkanes of at least 4 members (excludes halogenated alkanes) is 2. The molecule has 1 unspecified atom stereocenters. The van der Waals surface area contributed by atoms with E-state index in [4.69, 9.17) is 0 Å². The summed E-state index contributed by atoms with van der Waals surface area (Å²) >= 11 is 0. The van der Waals surface area contributed by atoms with Crippen molar-refractivity contribution in [2.24, 2.45) is 5.92 Å². The van der Waals surface area contributed by atoms with Crippen LogP contribution in [-0.4, -0.2) is 0 Å². The summed E-state index contributed by atoms with van der Waals surface area (Å²) in [6.07, 6.45) is 13.6. The van der Waals surface area contributed by atoms with Crippen molar-refractivity contribution in [3.05, 3.63) is 36.5 Å². The molecule has 0 radical (unpaired) electrons. The highest BCUT2D eigenvalue weighted by Gasteiger charge is 2.03. The van der Waals surface area contributed by atoms with Crippen molar-refractivity contribution in [1.82, 2.24) is 0 Å². The van der Waals surface area contributed by atoms with Crippen molar-refractivity contribution in [1.29, 1.82) is 0 Å². The molecule has 0 aromatic heterocycles. The molecule has 0 N–H and O–H groups in total. The van der Waals surface area contributed by atoms with Gasteiger partial charge in [-0.15, -0.1) is 0 Å². The van der Waals surface area contributed by atoms with Crippen LogP contribution in [0.5, 0.6) is 0 Å². The van der Waals surface area contributed by atoms with Crippen molar-refractivity contribution < 1.29 is 0 Å². The van der Waals surface area contributed by atoms with Gasteiger partial charge in [-0.1, -0.05) is 64.0 Å². The molecule has 0 aliphatic heterocycles. The molecule has 0 heteroatoms. The smallest absolute Gasteiger partial charge is 0.0191 e. The van der Waals surface area contributed by atoms with Crippen molar-refractivity contribution in [3.8, 4) is 0 Å². The van der Waals surface area contributed by atoms with Gasteiger partial charge in [-0.3, -0.25) is 0 Å². The maximum atomic E-state index is 3.86. The van der Waals surface area contributed by atoms with Gasteiger partial charge in [-0.2, -0.15) is 0 Å². The van der Waals surface area contributed by atoms with Crippen LogP contribution in [0.3, 0.4) is 0 Å². The molecule has 0 heterocycles. The van der Waals surface area contributed by atoms with E-state index in [9.17, 15) is 0 Å². The minimum atomic E-state index is 0.648. The van der Waals surface area contributed by atoms with Crippen molar-refractivity contribution >= 4 is 0 Å². The van der Waals surface area contributed by atoms with Gasteiger partial charge in [0.2, 0.25) is 0 Å². The van der Waals surface area contributed by atoms with Crippen molar-refractivity contribution in [2.75, 3.05) is 0 Å². The second-order valence-corrected chi connectivity index (χ2v) is 3.79. The maximum Gasteiger partial charge on any atom is -0.0191 e. The predicted molar refractivity (Wildman–Crippen MR) is 66.4 cm³/mol. The van der Waals surface area contributed by atoms with Gasteiger partial charge >= 0.3 is 0 Å². The van der Waals surface area contributed by atoms with Crippen LogP contribution in [0, 0.1) is 5.92 Å². The van der Waals surface area contributed by atoms with Crippen molar-refractivity contribution in [3.63, 3.8) is 0 Å². The van der Waals surface area contributed by atoms with Crippen molar-refractivity contribution in [2.45, 2.75) is 46.5 Å². The van der Waals surface area contributed by atoms with Gasteiger partial charge in [-0.25, -0.2) is 0 Å². The van der Waals surface area contributed by atoms with E-state index >= 15 is 0 Å². The van der Waals surface area contributed by atoms with Gasteiger partial charge in [0.15, 0.2) is 0 Å². The summed E-state index contributed by atoms with van der Waals surface area (Å²) < 4.78 is 0. The highest BCUT2D eigenvalue weighted by atomic mass is 14.1. The summed E-state index contributed by atoms with van der Waals surface area (Å²) in [5.74, 6) is 0.648. The van der Waals surface area contributed by atoms with Gasteiger partial charge in [0.25, 0.3) is 0 Å². The van der Waals surface area contributed by atoms with E-state index in [1.54, 1.807) is 0 Å². The Morgan fingerprint density at radius 1 is 1.36 bits per heavy atom. The topological polar surface area (TPSA) is 0 Å². The summed E-state index contributed by atoms with van der Waals surface area (Å²) in [7, 11) is 0. The quantitative estimate of drug-likeness (QED) is 0.398. The first-order valence-corrected chi connectivity index (χ1v) is 5.71. The molecule has 0 aliphatic carbocycles. The number of allylic oxidation sites excluding steroid dienone is 5. The van der Waals surface area contributed by atoms with E-state index in [0.717, 1.165) is 0 Å². The average Bonchev–Trinajstić information content (AvgIpc) is 2.19. The Morgan fingerprint density at radius 3 is 2.57 bits per heavy atom. The average molecular weight is 192 g/mol. The summed E-state index contributed by atoms with van der Waals surface area (Å²) in [6, 6.07) is 0. The normalized spacial score (nSPS) is 14.6. The fourth-order valence-corrected chi connectivity index (χ4v) is 1.51. The first-order chi connectivity index (χ1) is 6.76. The maximum absolute atomic E-state index is 3.86. The van der Waals surface area contributed by atoms with Gasteiger partial charge in [0.1, 0.15) is 0 Å². The largest absolute Gasteiger partial charge is 0.0988 e. The molecular weight excluding hydrogens is 168 g/mol. The van der Waals surface area contributed by atoms with Crippen LogP contribution in [0.15, 0.2) is 36.5 Å². The zero-order valence-electron chi connectivity index (χ0n) is 9.92. The molecular formula is C14H24. The summed E-state index contributed by atoms with van der Waals surface area (Å²) in [4.78, 5) is 0. The molecule has 0 saturated carbocycles. The first-order valence-electron chi connectivity index (χ1n) is 5.71. The Kier molecular flexibility index (Phi) is 8.31. The van der Waals surface area contributed by atoms with Crippen LogP contribution >= 0.6 is 0 Å². The third kappa shape index (κ3) is 5.80. The molecule has 0 fully saturated rings. The zero-order chi connectivity index (χ0) is 10.8. The molecule has 0 spiro atoms. The number of hydrogen-bond donors (Lipinski definition) is 0. The van der Waals surface area contributed by atoms with E-state index in [-0.39, 0.29) is 0 Å². The molecule has 0 nitrogen and oxygen atoms in total. The second kappa shape index (κ2) is 8.80. The Hall–Kier alpha value is -0.780. The molecule has 1 atom stereocenters. The minimum absolute atomic E-state index is 0.648. The van der Waals surface area contributed by atoms with E-state index in [0.29, 0.717) is 5.92 Å². The molecule has 0 amide bonds. The Bertz CT molecular complexity index is 196. The van der Waals surface area contributed by atoms with Gasteiger partial charge in [0.05, 0.1) is 0 Å². The number of rotatable bonds is 7. The number of hydrogen-bond acceptors (Lipinski definition) is 0. The third-order valence-corrected chi connectivity index (χ3v) is 2.53. The first kappa shape index (κ1) is 13.2. The Morgan fingerprint density at radius 2 is 2.07 bits per heavy atom. The van der Waals surface area contributed by atoms with Crippen LogP contribution in [-0.2, 0) is 0 Å². The van der Waals surface area contributed by atoms with E-state index in [2.05, 4.69) is 38.7 Å². The SMILES string of the molecule is C=C/C(=C\C=C/C)C(C)CCCCC. The summed E-state index contributed by atoms with van der Waals surface area (Å²) in [6.45, 7) is 10.4. The standard InChI is InChI=1S/C14H24/c1-5-8-10-11-13(4)14(7-3)12-9-6-2/h6-7,9,12-13H,3,5,8,10-11H2,1-2,4H3/b9-6-,14-12+. The lowest BCUT2D eigenvalue weighted by molar-refractivity contribution is 0.562. The molecule has 0 rings (SSSR count). The monoisotopic (exact) mass is 192 g/mol. The molecule has 0 aromatic carbocycles. The van der Waals surface area contributed by atoms with Gasteiger partial charge < -0.3 is 0 Å². The fraction of sp³-hybridized carbons (Fsp3) is 0.571. The predicted octanol–water partition coefficient (Wildman–Crippen LogP) is 4.89. The molecule has 80 valence electrons. The van der Waals surface area contributed by atoms with Gasteiger partial charge in [-0.05, 0) is 24.8 Å². The highest BCUT2D eigenvalue weighted by molar-refractivity contribution is 5.23. The summed E-state index contributed by atoms with van der Waals surface area (Å²) in [5.41, 5.74) is 1.36.